The fourth-order valence-electron chi connectivity index (χ4n) is 2.94. The molecule has 3 rings (SSSR count). The first-order chi connectivity index (χ1) is 13.7. The van der Waals surface area contributed by atoms with Gasteiger partial charge in [0.05, 0.1) is 0 Å². The lowest BCUT2D eigenvalue weighted by Crippen LogP contribution is -2.37. The lowest BCUT2D eigenvalue weighted by Gasteiger charge is -2.12. The molecule has 0 fully saturated rings. The predicted molar refractivity (Wildman–Crippen MR) is 111 cm³/mol. The van der Waals surface area contributed by atoms with Gasteiger partial charge in [-0.1, -0.05) is 6.07 Å². The van der Waals surface area contributed by atoms with Crippen molar-refractivity contribution in [1.82, 2.24) is 5.32 Å². The van der Waals surface area contributed by atoms with Crippen LogP contribution in [0.1, 0.15) is 22.3 Å². The number of carbonyl (C=O) groups is 2. The van der Waals surface area contributed by atoms with E-state index < -0.39 is 17.6 Å². The molecule has 0 saturated heterocycles. The minimum atomic E-state index is -0.640. The number of imide groups is 1. The van der Waals surface area contributed by atoms with Crippen LogP contribution < -0.4 is 21.0 Å². The summed E-state index contributed by atoms with van der Waals surface area (Å²) < 4.78 is 10.8. The van der Waals surface area contributed by atoms with Crippen molar-refractivity contribution in [3.05, 3.63) is 69.1 Å². The second kappa shape index (κ2) is 8.18. The van der Waals surface area contributed by atoms with Crippen molar-refractivity contribution < 1.29 is 18.7 Å². The highest BCUT2D eigenvalue weighted by molar-refractivity contribution is 6.01. The van der Waals surface area contributed by atoms with Crippen LogP contribution in [0.5, 0.6) is 5.75 Å². The van der Waals surface area contributed by atoms with Crippen LogP contribution in [0.2, 0.25) is 0 Å². The normalized spacial score (nSPS) is 10.6. The quantitative estimate of drug-likeness (QED) is 0.657. The number of hydrogen-bond donors (Lipinski definition) is 2. The molecule has 0 spiro atoms. The van der Waals surface area contributed by atoms with Crippen LogP contribution in [-0.2, 0) is 4.79 Å². The summed E-state index contributed by atoms with van der Waals surface area (Å²) in [5.74, 6) is -0.201. The minimum Gasteiger partial charge on any atom is -0.483 e. The van der Waals surface area contributed by atoms with Crippen LogP contribution in [0.3, 0.4) is 0 Å². The first-order valence-electron chi connectivity index (χ1n) is 9.09. The lowest BCUT2D eigenvalue weighted by atomic mass is 10.1. The molecule has 0 aliphatic carbocycles. The average Bonchev–Trinajstić information content (AvgIpc) is 2.64. The summed E-state index contributed by atoms with van der Waals surface area (Å²) in [6.45, 7) is 7.11. The van der Waals surface area contributed by atoms with Gasteiger partial charge in [-0.25, -0.2) is 9.59 Å². The van der Waals surface area contributed by atoms with Crippen molar-refractivity contribution in [1.29, 1.82) is 0 Å². The molecule has 150 valence electrons. The molecule has 1 heterocycles. The Kier molecular flexibility index (Phi) is 5.68. The number of urea groups is 1. The van der Waals surface area contributed by atoms with E-state index in [1.165, 1.54) is 6.07 Å². The summed E-state index contributed by atoms with van der Waals surface area (Å²) in [4.78, 5) is 35.7. The van der Waals surface area contributed by atoms with Gasteiger partial charge in [0.1, 0.15) is 11.3 Å². The van der Waals surface area contributed by atoms with Gasteiger partial charge < -0.3 is 14.5 Å². The molecule has 7 heteroatoms. The molecule has 2 aromatic carbocycles. The second-order valence-electron chi connectivity index (χ2n) is 6.90. The number of benzene rings is 2. The van der Waals surface area contributed by atoms with Gasteiger partial charge in [0.25, 0.3) is 5.91 Å². The summed E-state index contributed by atoms with van der Waals surface area (Å²) in [7, 11) is 0. The summed E-state index contributed by atoms with van der Waals surface area (Å²) >= 11 is 0. The summed E-state index contributed by atoms with van der Waals surface area (Å²) in [5, 5.41) is 5.63. The van der Waals surface area contributed by atoms with Gasteiger partial charge in [0.15, 0.2) is 6.61 Å². The van der Waals surface area contributed by atoms with Gasteiger partial charge in [-0.3, -0.25) is 10.1 Å². The van der Waals surface area contributed by atoms with Crippen LogP contribution >= 0.6 is 0 Å². The fourth-order valence-corrected chi connectivity index (χ4v) is 2.94. The number of hydrogen-bond acceptors (Lipinski definition) is 5. The van der Waals surface area contributed by atoms with E-state index in [2.05, 4.69) is 10.6 Å². The average molecular weight is 394 g/mol. The minimum absolute atomic E-state index is 0.358. The van der Waals surface area contributed by atoms with Crippen LogP contribution in [0.4, 0.5) is 10.5 Å². The maximum atomic E-state index is 12.1. The number of rotatable bonds is 4. The van der Waals surface area contributed by atoms with Crippen molar-refractivity contribution >= 4 is 28.6 Å². The molecule has 0 atom stereocenters. The van der Waals surface area contributed by atoms with Crippen LogP contribution in [-0.4, -0.2) is 18.5 Å². The zero-order valence-electron chi connectivity index (χ0n) is 16.7. The first kappa shape index (κ1) is 20.1. The standard InChI is InChI=1S/C22H22N2O5/c1-12-5-6-16(9-13(12)2)23-22(27)24-19(25)11-28-18-8-7-17-14(3)10-20(26)29-21(17)15(18)4/h5-10H,11H2,1-4H3,(H2,23,24,25,27). The maximum Gasteiger partial charge on any atom is 0.336 e. The number of fused-ring (bicyclic) bond motifs is 1. The molecular formula is C22H22N2O5. The zero-order valence-corrected chi connectivity index (χ0v) is 16.7. The van der Waals surface area contributed by atoms with Gasteiger partial charge >= 0.3 is 11.7 Å². The van der Waals surface area contributed by atoms with E-state index in [0.29, 0.717) is 22.6 Å². The molecule has 0 unspecified atom stereocenters. The number of amides is 3. The predicted octanol–water partition coefficient (Wildman–Crippen LogP) is 3.75. The maximum absolute atomic E-state index is 12.1. The number of carbonyl (C=O) groups excluding carboxylic acids is 2. The molecule has 0 radical (unpaired) electrons. The van der Waals surface area contributed by atoms with Gasteiger partial charge in [0, 0.05) is 22.7 Å². The van der Waals surface area contributed by atoms with E-state index in [4.69, 9.17) is 9.15 Å². The Balaban J connectivity index is 1.63. The molecule has 0 aliphatic heterocycles. The van der Waals surface area contributed by atoms with Crippen molar-refractivity contribution in [2.45, 2.75) is 27.7 Å². The third-order valence-electron chi connectivity index (χ3n) is 4.69. The third kappa shape index (κ3) is 4.63. The molecule has 3 aromatic rings. The zero-order chi connectivity index (χ0) is 21.1. The molecule has 3 amide bonds. The molecule has 0 saturated carbocycles. The van der Waals surface area contributed by atoms with Crippen LogP contribution in [0, 0.1) is 27.7 Å². The highest BCUT2D eigenvalue weighted by Crippen LogP contribution is 2.28. The Bertz CT molecular complexity index is 1160. The van der Waals surface area contributed by atoms with E-state index in [0.717, 1.165) is 22.1 Å². The van der Waals surface area contributed by atoms with Gasteiger partial charge in [-0.2, -0.15) is 0 Å². The molecular weight excluding hydrogens is 372 g/mol. The smallest absolute Gasteiger partial charge is 0.336 e. The van der Waals surface area contributed by atoms with E-state index in [-0.39, 0.29) is 6.61 Å². The Morgan fingerprint density at radius 3 is 2.45 bits per heavy atom. The van der Waals surface area contributed by atoms with E-state index in [1.807, 2.05) is 32.9 Å². The SMILES string of the molecule is Cc1ccc(NC(=O)NC(=O)COc2ccc3c(C)cc(=O)oc3c2C)cc1C. The first-order valence-corrected chi connectivity index (χ1v) is 9.09. The van der Waals surface area contributed by atoms with Crippen LogP contribution in [0.25, 0.3) is 11.0 Å². The topological polar surface area (TPSA) is 97.6 Å². The van der Waals surface area contributed by atoms with Gasteiger partial charge in [0.2, 0.25) is 0 Å². The Hall–Kier alpha value is -3.61. The third-order valence-corrected chi connectivity index (χ3v) is 4.69. The van der Waals surface area contributed by atoms with Gasteiger partial charge in [-0.15, -0.1) is 0 Å². The Morgan fingerprint density at radius 2 is 1.72 bits per heavy atom. The molecule has 0 aliphatic rings. The second-order valence-corrected chi connectivity index (χ2v) is 6.90. The van der Waals surface area contributed by atoms with E-state index >= 15 is 0 Å². The Labute approximate surface area is 167 Å². The number of ether oxygens (including phenoxy) is 1. The van der Waals surface area contributed by atoms with Crippen molar-refractivity contribution in [2.75, 3.05) is 11.9 Å². The van der Waals surface area contributed by atoms with Crippen molar-refractivity contribution in [2.24, 2.45) is 0 Å². The molecule has 0 bridgehead atoms. The largest absolute Gasteiger partial charge is 0.483 e. The summed E-state index contributed by atoms with van der Waals surface area (Å²) in [5.41, 5.74) is 4.11. The number of aryl methyl sites for hydroxylation is 4. The highest BCUT2D eigenvalue weighted by Gasteiger charge is 2.13. The molecule has 7 nitrogen and oxygen atoms in total. The highest BCUT2D eigenvalue weighted by atomic mass is 16.5. The van der Waals surface area contributed by atoms with Gasteiger partial charge in [-0.05, 0) is 68.7 Å². The van der Waals surface area contributed by atoms with Crippen molar-refractivity contribution in [3.8, 4) is 5.75 Å². The van der Waals surface area contributed by atoms with E-state index in [9.17, 15) is 14.4 Å². The number of anilines is 1. The molecule has 1 aromatic heterocycles. The lowest BCUT2D eigenvalue weighted by molar-refractivity contribution is -0.121. The molecule has 29 heavy (non-hydrogen) atoms. The number of nitrogens with one attached hydrogen (secondary N) is 2. The molecule has 2 N–H and O–H groups in total. The Morgan fingerprint density at radius 1 is 0.966 bits per heavy atom. The van der Waals surface area contributed by atoms with E-state index in [1.54, 1.807) is 25.1 Å². The fraction of sp³-hybridized carbons (Fsp3) is 0.227. The van der Waals surface area contributed by atoms with Crippen LogP contribution in [0.15, 0.2) is 45.6 Å². The monoisotopic (exact) mass is 394 g/mol. The van der Waals surface area contributed by atoms with Crippen molar-refractivity contribution in [3.63, 3.8) is 0 Å². The summed E-state index contributed by atoms with van der Waals surface area (Å²) in [6.07, 6.45) is 0. The summed E-state index contributed by atoms with van der Waals surface area (Å²) in [6, 6.07) is 9.72.